The lowest BCUT2D eigenvalue weighted by Gasteiger charge is -2.44. The Morgan fingerprint density at radius 1 is 0.690 bits per heavy atom. The van der Waals surface area contributed by atoms with E-state index in [1.807, 2.05) is 6.08 Å². The van der Waals surface area contributed by atoms with Gasteiger partial charge in [-0.25, -0.2) is 0 Å². The second-order valence-corrected chi connectivity index (χ2v) is 13.5. The number of hydrogen-bond donors (Lipinski definition) is 1. The number of benzene rings is 3. The zero-order chi connectivity index (χ0) is 29.4. The Hall–Kier alpha value is -3.27. The van der Waals surface area contributed by atoms with Crippen LogP contribution in [-0.4, -0.2) is 28.7 Å². The molecule has 7 nitrogen and oxygen atoms in total. The Bertz CT molecular complexity index is 1710. The molecule has 7 rings (SSSR count). The van der Waals surface area contributed by atoms with Crippen LogP contribution >= 0.6 is 43.5 Å². The van der Waals surface area contributed by atoms with Gasteiger partial charge in [0.1, 0.15) is 5.75 Å². The van der Waals surface area contributed by atoms with Crippen LogP contribution < -0.4 is 9.80 Å². The minimum absolute atomic E-state index is 0.0421. The average Bonchev–Trinajstić information content (AvgIpc) is 3.38. The molecule has 2 saturated heterocycles. The van der Waals surface area contributed by atoms with Crippen LogP contribution in [0.1, 0.15) is 24.3 Å². The molecule has 2 heterocycles. The molecule has 6 atom stereocenters. The highest BCUT2D eigenvalue weighted by Crippen LogP contribution is 2.59. The smallest absolute Gasteiger partial charge is 0.238 e. The average molecular weight is 711 g/mol. The van der Waals surface area contributed by atoms with E-state index in [4.69, 9.17) is 11.6 Å². The van der Waals surface area contributed by atoms with Crippen LogP contribution in [-0.2, 0) is 19.2 Å². The fourth-order valence-corrected chi connectivity index (χ4v) is 8.11. The van der Waals surface area contributed by atoms with Crippen molar-refractivity contribution in [2.24, 2.45) is 29.6 Å². The van der Waals surface area contributed by atoms with Gasteiger partial charge in [0.2, 0.25) is 23.6 Å². The van der Waals surface area contributed by atoms with Crippen LogP contribution in [0.4, 0.5) is 11.4 Å². The molecular weight excluding hydrogens is 688 g/mol. The first kappa shape index (κ1) is 27.6. The Kier molecular flexibility index (Phi) is 6.68. The SMILES string of the molecule is O=C1[C@H]2[C@H](CC=C3[C@H]2C[C@H]2C(=O)N(c4ccc(Br)cc4)C(=O)[C@H]2[C@H]3c2cc(Cl)ccc2O)C(=O)N1c1ccc(Br)cc1. The van der Waals surface area contributed by atoms with E-state index in [0.717, 1.165) is 14.5 Å². The molecule has 42 heavy (non-hydrogen) atoms. The number of imide groups is 2. The van der Waals surface area contributed by atoms with Crippen molar-refractivity contribution in [3.63, 3.8) is 0 Å². The summed E-state index contributed by atoms with van der Waals surface area (Å²) in [6.45, 7) is 0. The number of phenolic OH excluding ortho intramolecular Hbond substituents is 1. The van der Waals surface area contributed by atoms with Gasteiger partial charge in [-0.2, -0.15) is 0 Å². The lowest BCUT2D eigenvalue weighted by atomic mass is 9.57. The fraction of sp³-hybridized carbons (Fsp3) is 0.250. The predicted molar refractivity (Wildman–Crippen MR) is 164 cm³/mol. The molecule has 0 aromatic heterocycles. The van der Waals surface area contributed by atoms with E-state index >= 15 is 0 Å². The number of fused-ring (bicyclic) bond motifs is 4. The quantitative estimate of drug-likeness (QED) is 0.244. The number of carbonyl (C=O) groups excluding carboxylic acids is 4. The van der Waals surface area contributed by atoms with Gasteiger partial charge in [0.15, 0.2) is 0 Å². The van der Waals surface area contributed by atoms with Gasteiger partial charge in [-0.3, -0.25) is 29.0 Å². The van der Waals surface area contributed by atoms with Crippen molar-refractivity contribution in [1.82, 2.24) is 0 Å². The summed E-state index contributed by atoms with van der Waals surface area (Å²) in [5.74, 6) is -5.26. The third kappa shape index (κ3) is 4.12. The molecule has 4 amide bonds. The van der Waals surface area contributed by atoms with Crippen molar-refractivity contribution in [2.75, 3.05) is 9.80 Å². The number of nitrogens with zero attached hydrogens (tertiary/aromatic N) is 2. The zero-order valence-corrected chi connectivity index (χ0v) is 25.8. The number of rotatable bonds is 3. The molecule has 0 radical (unpaired) electrons. The van der Waals surface area contributed by atoms with Gasteiger partial charge in [-0.05, 0) is 85.5 Å². The van der Waals surface area contributed by atoms with Gasteiger partial charge in [0, 0.05) is 25.4 Å². The highest BCUT2D eigenvalue weighted by atomic mass is 79.9. The molecule has 212 valence electrons. The van der Waals surface area contributed by atoms with Crippen molar-refractivity contribution >= 4 is 78.5 Å². The third-order valence-corrected chi connectivity index (χ3v) is 10.4. The van der Waals surface area contributed by atoms with Crippen LogP contribution in [0, 0.1) is 29.6 Å². The molecule has 3 aromatic carbocycles. The zero-order valence-electron chi connectivity index (χ0n) is 21.9. The van der Waals surface area contributed by atoms with Crippen LogP contribution in [0.2, 0.25) is 5.02 Å². The van der Waals surface area contributed by atoms with Gasteiger partial charge in [-0.1, -0.05) is 55.1 Å². The van der Waals surface area contributed by atoms with E-state index in [9.17, 15) is 24.3 Å². The first-order chi connectivity index (χ1) is 20.2. The number of halogens is 3. The van der Waals surface area contributed by atoms with E-state index < -0.39 is 35.5 Å². The van der Waals surface area contributed by atoms with Crippen molar-refractivity contribution in [3.8, 4) is 5.75 Å². The number of phenols is 1. The molecule has 1 N–H and O–H groups in total. The van der Waals surface area contributed by atoms with Crippen molar-refractivity contribution < 1.29 is 24.3 Å². The van der Waals surface area contributed by atoms with Gasteiger partial charge >= 0.3 is 0 Å². The minimum atomic E-state index is -0.792. The van der Waals surface area contributed by atoms with E-state index in [0.29, 0.717) is 28.4 Å². The highest BCUT2D eigenvalue weighted by molar-refractivity contribution is 9.10. The summed E-state index contributed by atoms with van der Waals surface area (Å²) in [5, 5.41) is 11.4. The molecular formula is C32H23Br2ClN2O5. The van der Waals surface area contributed by atoms with Crippen LogP contribution in [0.5, 0.6) is 5.75 Å². The predicted octanol–water partition coefficient (Wildman–Crippen LogP) is 6.62. The van der Waals surface area contributed by atoms with E-state index in [1.54, 1.807) is 60.7 Å². The molecule has 2 aliphatic carbocycles. The maximum Gasteiger partial charge on any atom is 0.238 e. The maximum atomic E-state index is 14.1. The van der Waals surface area contributed by atoms with Gasteiger partial charge < -0.3 is 5.11 Å². The molecule has 1 saturated carbocycles. The highest BCUT2D eigenvalue weighted by Gasteiger charge is 2.62. The molecule has 0 bridgehead atoms. The summed E-state index contributed by atoms with van der Waals surface area (Å²) in [6, 6.07) is 18.6. The molecule has 3 aromatic rings. The standard InChI is InChI=1S/C32H23Br2ClN2O5/c33-15-1-6-18(7-2-15)36-29(39)21-11-10-20-22(27(21)31(36)41)14-24-28(26(20)23-13-17(35)5-12-25(23)38)32(42)37(30(24)40)19-8-3-16(34)4-9-19/h1-10,12-13,21-22,24,26-28,38H,11,14H2/t21-,22+,24+,26+,27-,28+/m0/s1. The molecule has 4 aliphatic rings. The fourth-order valence-electron chi connectivity index (χ4n) is 7.40. The normalized spacial score (nSPS) is 28.5. The van der Waals surface area contributed by atoms with E-state index in [1.165, 1.54) is 15.9 Å². The number of aromatic hydroxyl groups is 1. The first-order valence-electron chi connectivity index (χ1n) is 13.6. The van der Waals surface area contributed by atoms with Crippen molar-refractivity contribution in [3.05, 3.63) is 97.9 Å². The Balaban J connectivity index is 1.35. The second kappa shape index (κ2) is 10.2. The first-order valence-corrected chi connectivity index (χ1v) is 15.6. The number of anilines is 2. The van der Waals surface area contributed by atoms with Gasteiger partial charge in [0.25, 0.3) is 0 Å². The number of carbonyl (C=O) groups is 4. The number of hydrogen-bond acceptors (Lipinski definition) is 5. The summed E-state index contributed by atoms with van der Waals surface area (Å²) >= 11 is 13.2. The molecule has 3 fully saturated rings. The number of amides is 4. The monoisotopic (exact) mass is 708 g/mol. The van der Waals surface area contributed by atoms with Crippen molar-refractivity contribution in [2.45, 2.75) is 18.8 Å². The Morgan fingerprint density at radius 2 is 1.24 bits per heavy atom. The van der Waals surface area contributed by atoms with E-state index in [-0.39, 0.29) is 35.8 Å². The van der Waals surface area contributed by atoms with E-state index in [2.05, 4.69) is 31.9 Å². The third-order valence-electron chi connectivity index (χ3n) is 9.14. The summed E-state index contributed by atoms with van der Waals surface area (Å²) < 4.78 is 1.64. The summed E-state index contributed by atoms with van der Waals surface area (Å²) in [6.07, 6.45) is 2.52. The van der Waals surface area contributed by atoms with Crippen LogP contribution in [0.15, 0.2) is 87.3 Å². The minimum Gasteiger partial charge on any atom is -0.508 e. The largest absolute Gasteiger partial charge is 0.508 e. The molecule has 2 aliphatic heterocycles. The Labute approximate surface area is 263 Å². The van der Waals surface area contributed by atoms with Crippen molar-refractivity contribution in [1.29, 1.82) is 0 Å². The topological polar surface area (TPSA) is 95.0 Å². The summed E-state index contributed by atoms with van der Waals surface area (Å²) in [4.78, 5) is 58.3. The molecule has 0 spiro atoms. The number of allylic oxidation sites excluding steroid dienone is 2. The summed E-state index contributed by atoms with van der Waals surface area (Å²) in [5.41, 5.74) is 2.19. The Morgan fingerprint density at radius 3 is 1.83 bits per heavy atom. The molecule has 0 unspecified atom stereocenters. The lowest BCUT2D eigenvalue weighted by Crippen LogP contribution is -2.43. The lowest BCUT2D eigenvalue weighted by molar-refractivity contribution is -0.126. The molecule has 10 heteroatoms. The van der Waals surface area contributed by atoms with Gasteiger partial charge in [-0.15, -0.1) is 0 Å². The van der Waals surface area contributed by atoms with Crippen LogP contribution in [0.3, 0.4) is 0 Å². The summed E-state index contributed by atoms with van der Waals surface area (Å²) in [7, 11) is 0. The maximum absolute atomic E-state index is 14.1. The van der Waals surface area contributed by atoms with Crippen LogP contribution in [0.25, 0.3) is 0 Å². The second-order valence-electron chi connectivity index (χ2n) is 11.2. The van der Waals surface area contributed by atoms with Gasteiger partial charge in [0.05, 0.1) is 35.0 Å².